The quantitative estimate of drug-likeness (QED) is 0.138. The van der Waals surface area contributed by atoms with E-state index in [-0.39, 0.29) is 23.8 Å². The van der Waals surface area contributed by atoms with E-state index in [1.807, 2.05) is 0 Å². The largest absolute Gasteiger partial charge is 0.490 e. The van der Waals surface area contributed by atoms with E-state index in [2.05, 4.69) is 18.5 Å². The van der Waals surface area contributed by atoms with Crippen LogP contribution in [0.5, 0.6) is 0 Å². The molecule has 1 amide bonds. The standard InChI is InChI=1S/C18H37N2O13P3/c1-12(2)18(21)20-9-8-17(19)31-15-10-14(13-6-4-5-7-13)30-16(15)11-29-35(24,25)33-36(26,27)32-34(22,23)28-3/h12-17H,4-11,19H2,1-3H3,(H,20,21)(H,22,23)(H,24,25)(H,26,27)/t14-,15-,16?,17?/m1/s1. The summed E-state index contributed by atoms with van der Waals surface area (Å²) in [7, 11) is -15.0. The molecule has 1 aliphatic heterocycles. The van der Waals surface area contributed by atoms with E-state index >= 15 is 0 Å². The van der Waals surface area contributed by atoms with Gasteiger partial charge in [0.1, 0.15) is 12.3 Å². The Morgan fingerprint density at radius 3 is 2.28 bits per heavy atom. The fourth-order valence-corrected chi connectivity index (χ4v) is 7.27. The molecule has 18 heteroatoms. The van der Waals surface area contributed by atoms with Crippen LogP contribution in [0.4, 0.5) is 0 Å². The second kappa shape index (κ2) is 13.7. The highest BCUT2D eigenvalue weighted by Crippen LogP contribution is 2.67. The van der Waals surface area contributed by atoms with E-state index in [0.717, 1.165) is 32.8 Å². The van der Waals surface area contributed by atoms with Gasteiger partial charge in [-0.1, -0.05) is 26.7 Å². The smallest absolute Gasteiger partial charge is 0.369 e. The normalized spacial score (nSPS) is 28.9. The van der Waals surface area contributed by atoms with Gasteiger partial charge in [0.2, 0.25) is 5.91 Å². The molecule has 212 valence electrons. The van der Waals surface area contributed by atoms with Crippen LogP contribution >= 0.6 is 23.5 Å². The van der Waals surface area contributed by atoms with Crippen molar-refractivity contribution in [2.45, 2.75) is 76.9 Å². The monoisotopic (exact) mass is 582 g/mol. The summed E-state index contributed by atoms with van der Waals surface area (Å²) >= 11 is 0. The molecule has 7 atom stereocenters. The van der Waals surface area contributed by atoms with E-state index in [0.29, 0.717) is 19.4 Å². The second-order valence-electron chi connectivity index (χ2n) is 8.99. The van der Waals surface area contributed by atoms with Crippen molar-refractivity contribution in [2.24, 2.45) is 17.6 Å². The number of phosphoric ester groups is 2. The Balaban J connectivity index is 1.96. The third-order valence-corrected chi connectivity index (χ3v) is 10.0. The molecule has 1 saturated carbocycles. The zero-order valence-corrected chi connectivity index (χ0v) is 23.1. The minimum Gasteiger partial charge on any atom is -0.369 e. The van der Waals surface area contributed by atoms with Crippen molar-refractivity contribution in [1.82, 2.24) is 5.32 Å². The van der Waals surface area contributed by atoms with Gasteiger partial charge in [-0.3, -0.25) is 13.8 Å². The lowest BCUT2D eigenvalue weighted by Gasteiger charge is -2.24. The molecule has 2 fully saturated rings. The van der Waals surface area contributed by atoms with Crippen LogP contribution < -0.4 is 11.1 Å². The maximum Gasteiger partial charge on any atom is 0.490 e. The van der Waals surface area contributed by atoms with Crippen molar-refractivity contribution in [1.29, 1.82) is 0 Å². The van der Waals surface area contributed by atoms with Gasteiger partial charge < -0.3 is 35.2 Å². The molecule has 0 spiro atoms. The number of carbonyl (C=O) groups excluding carboxylic acids is 1. The van der Waals surface area contributed by atoms with Crippen molar-refractivity contribution in [2.75, 3.05) is 20.3 Å². The average molecular weight is 582 g/mol. The van der Waals surface area contributed by atoms with Crippen LogP contribution in [-0.4, -0.2) is 65.4 Å². The Hall–Kier alpha value is -0.240. The molecule has 0 aromatic rings. The molecule has 0 aromatic carbocycles. The molecule has 0 aromatic heterocycles. The van der Waals surface area contributed by atoms with E-state index in [4.69, 9.17) is 24.6 Å². The highest BCUT2D eigenvalue weighted by molar-refractivity contribution is 7.66. The topological polar surface area (TPSA) is 222 Å². The van der Waals surface area contributed by atoms with Gasteiger partial charge in [0.05, 0.1) is 18.8 Å². The van der Waals surface area contributed by atoms with Gasteiger partial charge in [0.15, 0.2) is 0 Å². The summed E-state index contributed by atoms with van der Waals surface area (Å²) in [5.74, 6) is -0.0154. The lowest BCUT2D eigenvalue weighted by Crippen LogP contribution is -2.39. The number of ether oxygens (including phenoxy) is 2. The Morgan fingerprint density at radius 2 is 1.69 bits per heavy atom. The Morgan fingerprint density at radius 1 is 1.08 bits per heavy atom. The Kier molecular flexibility index (Phi) is 12.2. The molecule has 1 heterocycles. The fourth-order valence-electron chi connectivity index (χ4n) is 4.01. The van der Waals surface area contributed by atoms with Gasteiger partial charge >= 0.3 is 23.5 Å². The first kappa shape index (κ1) is 32.0. The number of hydrogen-bond acceptors (Lipinski definition) is 11. The highest BCUT2D eigenvalue weighted by Gasteiger charge is 2.45. The molecule has 2 aliphatic rings. The third kappa shape index (κ3) is 10.9. The van der Waals surface area contributed by atoms with Gasteiger partial charge in [-0.2, -0.15) is 8.62 Å². The SMILES string of the molecule is COP(=O)(O)OP(=O)(O)OP(=O)(O)OCC1O[C@@H](C2CCCC2)C[C@H]1OC(N)CCNC(=O)C(C)C. The molecule has 2 rings (SSSR count). The van der Waals surface area contributed by atoms with Gasteiger partial charge in [-0.15, -0.1) is 0 Å². The molecule has 6 N–H and O–H groups in total. The maximum atomic E-state index is 12.2. The summed E-state index contributed by atoms with van der Waals surface area (Å²) in [5.41, 5.74) is 6.07. The number of carbonyl (C=O) groups is 1. The highest BCUT2D eigenvalue weighted by atomic mass is 31.3. The predicted octanol–water partition coefficient (Wildman–Crippen LogP) is 2.16. The fraction of sp³-hybridized carbons (Fsp3) is 0.944. The van der Waals surface area contributed by atoms with Crippen LogP contribution in [0.25, 0.3) is 0 Å². The molecule has 0 radical (unpaired) electrons. The van der Waals surface area contributed by atoms with Gasteiger partial charge in [0.25, 0.3) is 0 Å². The van der Waals surface area contributed by atoms with Crippen LogP contribution in [0.3, 0.4) is 0 Å². The van der Waals surface area contributed by atoms with Crippen molar-refractivity contribution in [3.63, 3.8) is 0 Å². The van der Waals surface area contributed by atoms with Gasteiger partial charge in [-0.25, -0.2) is 13.7 Å². The van der Waals surface area contributed by atoms with Crippen molar-refractivity contribution in [3.8, 4) is 0 Å². The minimum absolute atomic E-state index is 0.120. The summed E-state index contributed by atoms with van der Waals surface area (Å²) in [6.07, 6.45) is 2.35. The molecular weight excluding hydrogens is 545 g/mol. The summed E-state index contributed by atoms with van der Waals surface area (Å²) in [6.45, 7) is 3.25. The first-order valence-corrected chi connectivity index (χ1v) is 16.1. The van der Waals surface area contributed by atoms with Crippen LogP contribution in [-0.2, 0) is 45.6 Å². The van der Waals surface area contributed by atoms with Crippen LogP contribution in [0, 0.1) is 11.8 Å². The number of rotatable bonds is 15. The van der Waals surface area contributed by atoms with Crippen molar-refractivity contribution < 1.29 is 60.3 Å². The van der Waals surface area contributed by atoms with E-state index in [9.17, 15) is 28.3 Å². The molecule has 36 heavy (non-hydrogen) atoms. The van der Waals surface area contributed by atoms with E-state index in [1.165, 1.54) is 0 Å². The third-order valence-electron chi connectivity index (χ3n) is 5.80. The first-order valence-electron chi connectivity index (χ1n) is 11.6. The molecule has 5 unspecified atom stereocenters. The Bertz CT molecular complexity index is 869. The van der Waals surface area contributed by atoms with Gasteiger partial charge in [-0.05, 0) is 18.8 Å². The molecule has 15 nitrogen and oxygen atoms in total. The lowest BCUT2D eigenvalue weighted by molar-refractivity contribution is -0.124. The van der Waals surface area contributed by atoms with Crippen LogP contribution in [0.2, 0.25) is 0 Å². The first-order chi connectivity index (χ1) is 16.6. The minimum atomic E-state index is -5.51. The van der Waals surface area contributed by atoms with Crippen LogP contribution in [0.1, 0.15) is 52.4 Å². The molecule has 1 aliphatic carbocycles. The zero-order chi connectivity index (χ0) is 27.1. The summed E-state index contributed by atoms with van der Waals surface area (Å²) in [4.78, 5) is 40.2. The molecule has 1 saturated heterocycles. The molecule has 0 bridgehead atoms. The van der Waals surface area contributed by atoms with E-state index < -0.39 is 48.5 Å². The number of hydrogen-bond donors (Lipinski definition) is 5. The van der Waals surface area contributed by atoms with Gasteiger partial charge in [0, 0.05) is 32.4 Å². The van der Waals surface area contributed by atoms with Crippen LogP contribution in [0.15, 0.2) is 0 Å². The van der Waals surface area contributed by atoms with Crippen molar-refractivity contribution in [3.05, 3.63) is 0 Å². The van der Waals surface area contributed by atoms with E-state index in [1.54, 1.807) is 13.8 Å². The summed E-state index contributed by atoms with van der Waals surface area (Å²) in [6, 6.07) is 0. The number of nitrogens with one attached hydrogen (secondary N) is 1. The Labute approximate surface area is 210 Å². The second-order valence-corrected chi connectivity index (χ2v) is 13.7. The lowest BCUT2D eigenvalue weighted by atomic mass is 9.97. The maximum absolute atomic E-state index is 12.2. The number of phosphoric acid groups is 3. The number of amides is 1. The molecular formula is C18H37N2O13P3. The number of nitrogens with two attached hydrogens (primary N) is 1. The summed E-state index contributed by atoms with van der Waals surface area (Å²) < 4.78 is 64.0. The zero-order valence-electron chi connectivity index (χ0n) is 20.5. The predicted molar refractivity (Wildman–Crippen MR) is 125 cm³/mol. The average Bonchev–Trinajstić information content (AvgIpc) is 3.40. The van der Waals surface area contributed by atoms with Crippen molar-refractivity contribution >= 4 is 29.4 Å². The summed E-state index contributed by atoms with van der Waals surface area (Å²) in [5, 5.41) is 2.74.